The van der Waals surface area contributed by atoms with Gasteiger partial charge in [-0.2, -0.15) is 0 Å². The summed E-state index contributed by atoms with van der Waals surface area (Å²) < 4.78 is 5.23. The minimum atomic E-state index is -0.782. The van der Waals surface area contributed by atoms with Crippen LogP contribution in [0.3, 0.4) is 0 Å². The molecule has 4 heteroatoms. The predicted octanol–water partition coefficient (Wildman–Crippen LogP) is 1.82. The summed E-state index contributed by atoms with van der Waals surface area (Å²) in [5.74, 6) is -0.403. The summed E-state index contributed by atoms with van der Waals surface area (Å²) in [7, 11) is 0. The molecule has 0 aliphatic heterocycles. The molecule has 1 aliphatic rings. The van der Waals surface area contributed by atoms with Crippen molar-refractivity contribution < 1.29 is 14.4 Å². The molecular weight excluding hydrogens is 194 g/mol. The van der Waals surface area contributed by atoms with Crippen molar-refractivity contribution in [1.82, 2.24) is 5.16 Å². The van der Waals surface area contributed by atoms with Crippen molar-refractivity contribution in [3.8, 4) is 0 Å². The number of carboxylic acid groups (broad SMARTS) is 1. The van der Waals surface area contributed by atoms with Crippen LogP contribution in [-0.4, -0.2) is 16.2 Å². The molecule has 15 heavy (non-hydrogen) atoms. The van der Waals surface area contributed by atoms with Gasteiger partial charge in [-0.3, -0.25) is 4.79 Å². The van der Waals surface area contributed by atoms with Gasteiger partial charge in [0.25, 0.3) is 0 Å². The predicted molar refractivity (Wildman–Crippen MR) is 53.6 cm³/mol. The fraction of sp³-hybridized carbons (Fsp3) is 0.636. The van der Waals surface area contributed by atoms with Gasteiger partial charge in [0, 0.05) is 12.0 Å². The van der Waals surface area contributed by atoms with Gasteiger partial charge in [0.2, 0.25) is 0 Å². The Morgan fingerprint density at radius 2 is 2.27 bits per heavy atom. The van der Waals surface area contributed by atoms with Gasteiger partial charge < -0.3 is 9.63 Å². The van der Waals surface area contributed by atoms with E-state index in [1.807, 2.05) is 0 Å². The molecule has 1 atom stereocenters. The maximum atomic E-state index is 10.7. The first kappa shape index (κ1) is 10.2. The zero-order valence-corrected chi connectivity index (χ0v) is 8.82. The fourth-order valence-electron chi connectivity index (χ4n) is 1.98. The summed E-state index contributed by atoms with van der Waals surface area (Å²) in [4.78, 5) is 10.7. The summed E-state index contributed by atoms with van der Waals surface area (Å²) in [6.45, 7) is 1.69. The third-order valence-corrected chi connectivity index (χ3v) is 2.95. The Hall–Kier alpha value is -1.32. The Bertz CT molecular complexity index is 370. The number of aliphatic carboxylic acids is 1. The van der Waals surface area contributed by atoms with Crippen molar-refractivity contribution >= 4 is 5.97 Å². The number of nitrogens with zero attached hydrogens (tertiary/aromatic N) is 1. The summed E-state index contributed by atoms with van der Waals surface area (Å²) in [6, 6.07) is 0. The number of aromatic nitrogens is 1. The third kappa shape index (κ3) is 2.03. The SMILES string of the molecule is CC(Cc1onc2c1CCCC2)C(=O)O. The van der Waals surface area contributed by atoms with E-state index in [0.717, 1.165) is 42.7 Å². The Morgan fingerprint density at radius 3 is 3.00 bits per heavy atom. The topological polar surface area (TPSA) is 63.3 Å². The summed E-state index contributed by atoms with van der Waals surface area (Å²) in [5, 5.41) is 12.8. The molecule has 0 amide bonds. The van der Waals surface area contributed by atoms with Crippen molar-refractivity contribution in [2.75, 3.05) is 0 Å². The minimum absolute atomic E-state index is 0.399. The van der Waals surface area contributed by atoms with Crippen LogP contribution in [0.4, 0.5) is 0 Å². The fourth-order valence-corrected chi connectivity index (χ4v) is 1.98. The zero-order valence-electron chi connectivity index (χ0n) is 8.82. The van der Waals surface area contributed by atoms with Crippen LogP contribution in [0.2, 0.25) is 0 Å². The van der Waals surface area contributed by atoms with Crippen molar-refractivity contribution in [3.05, 3.63) is 17.0 Å². The third-order valence-electron chi connectivity index (χ3n) is 2.95. The highest BCUT2D eigenvalue weighted by atomic mass is 16.5. The van der Waals surface area contributed by atoms with Crippen LogP contribution < -0.4 is 0 Å². The molecule has 2 rings (SSSR count). The van der Waals surface area contributed by atoms with E-state index in [1.54, 1.807) is 6.92 Å². The second-order valence-electron chi connectivity index (χ2n) is 4.18. The molecule has 4 nitrogen and oxygen atoms in total. The molecule has 0 fully saturated rings. The Morgan fingerprint density at radius 1 is 1.53 bits per heavy atom. The highest BCUT2D eigenvalue weighted by Gasteiger charge is 2.22. The molecule has 1 N–H and O–H groups in total. The normalized spacial score (nSPS) is 17.1. The first-order chi connectivity index (χ1) is 7.18. The van der Waals surface area contributed by atoms with Crippen molar-refractivity contribution in [1.29, 1.82) is 0 Å². The lowest BCUT2D eigenvalue weighted by atomic mass is 9.93. The summed E-state index contributed by atoms with van der Waals surface area (Å²) in [5.41, 5.74) is 2.20. The van der Waals surface area contributed by atoms with Crippen LogP contribution in [0.5, 0.6) is 0 Å². The maximum absolute atomic E-state index is 10.7. The second kappa shape index (κ2) is 4.04. The first-order valence-corrected chi connectivity index (χ1v) is 5.37. The molecule has 0 saturated carbocycles. The lowest BCUT2D eigenvalue weighted by Crippen LogP contribution is -2.13. The number of hydrogen-bond acceptors (Lipinski definition) is 3. The van der Waals surface area contributed by atoms with E-state index in [2.05, 4.69) is 5.16 Å². The van der Waals surface area contributed by atoms with E-state index in [-0.39, 0.29) is 0 Å². The summed E-state index contributed by atoms with van der Waals surface area (Å²) in [6.07, 6.45) is 4.73. The van der Waals surface area contributed by atoms with E-state index in [4.69, 9.17) is 9.63 Å². The standard InChI is InChI=1S/C11H15NO3/c1-7(11(13)14)6-10-8-4-2-3-5-9(8)12-15-10/h7H,2-6H2,1H3,(H,13,14). The van der Waals surface area contributed by atoms with E-state index in [1.165, 1.54) is 0 Å². The minimum Gasteiger partial charge on any atom is -0.481 e. The molecule has 0 aromatic carbocycles. The Kier molecular flexibility index (Phi) is 2.75. The van der Waals surface area contributed by atoms with Crippen LogP contribution in [-0.2, 0) is 24.1 Å². The molecule has 1 unspecified atom stereocenters. The van der Waals surface area contributed by atoms with Crippen LogP contribution in [0.15, 0.2) is 4.52 Å². The highest BCUT2D eigenvalue weighted by molar-refractivity contribution is 5.69. The molecule has 0 radical (unpaired) electrons. The zero-order chi connectivity index (χ0) is 10.8. The van der Waals surface area contributed by atoms with Crippen molar-refractivity contribution in [2.45, 2.75) is 39.0 Å². The monoisotopic (exact) mass is 209 g/mol. The maximum Gasteiger partial charge on any atom is 0.306 e. The van der Waals surface area contributed by atoms with Gasteiger partial charge in [0.1, 0.15) is 5.76 Å². The Labute approximate surface area is 88.3 Å². The summed E-state index contributed by atoms with van der Waals surface area (Å²) >= 11 is 0. The van der Waals surface area contributed by atoms with E-state index in [0.29, 0.717) is 6.42 Å². The van der Waals surface area contributed by atoms with Crippen molar-refractivity contribution in [3.63, 3.8) is 0 Å². The van der Waals surface area contributed by atoms with Gasteiger partial charge in [0.05, 0.1) is 11.6 Å². The molecule has 0 bridgehead atoms. The largest absolute Gasteiger partial charge is 0.481 e. The number of hydrogen-bond donors (Lipinski definition) is 1. The smallest absolute Gasteiger partial charge is 0.306 e. The van der Waals surface area contributed by atoms with Crippen LogP contribution in [0.25, 0.3) is 0 Å². The van der Waals surface area contributed by atoms with Crippen molar-refractivity contribution in [2.24, 2.45) is 5.92 Å². The van der Waals surface area contributed by atoms with Gasteiger partial charge in [0.15, 0.2) is 0 Å². The molecular formula is C11H15NO3. The van der Waals surface area contributed by atoms with E-state index >= 15 is 0 Å². The second-order valence-corrected chi connectivity index (χ2v) is 4.18. The molecule has 1 heterocycles. The molecule has 1 aliphatic carbocycles. The molecule has 0 saturated heterocycles. The average molecular weight is 209 g/mol. The van der Waals surface area contributed by atoms with E-state index < -0.39 is 11.9 Å². The number of aryl methyl sites for hydroxylation is 1. The van der Waals surface area contributed by atoms with E-state index in [9.17, 15) is 4.79 Å². The van der Waals surface area contributed by atoms with Crippen LogP contribution >= 0.6 is 0 Å². The quantitative estimate of drug-likeness (QED) is 0.824. The van der Waals surface area contributed by atoms with Gasteiger partial charge in [-0.1, -0.05) is 12.1 Å². The number of rotatable bonds is 3. The number of carbonyl (C=O) groups is 1. The number of carboxylic acids is 1. The number of fused-ring (bicyclic) bond motifs is 1. The lowest BCUT2D eigenvalue weighted by molar-refractivity contribution is -0.141. The molecule has 82 valence electrons. The van der Waals surface area contributed by atoms with Gasteiger partial charge in [-0.05, 0) is 25.7 Å². The van der Waals surface area contributed by atoms with Crippen LogP contribution in [0, 0.1) is 5.92 Å². The molecule has 0 spiro atoms. The van der Waals surface area contributed by atoms with Gasteiger partial charge in [-0.25, -0.2) is 0 Å². The molecule has 1 aromatic rings. The molecule has 1 aromatic heterocycles. The average Bonchev–Trinajstić information content (AvgIpc) is 2.62. The van der Waals surface area contributed by atoms with Gasteiger partial charge in [-0.15, -0.1) is 0 Å². The first-order valence-electron chi connectivity index (χ1n) is 5.37. The van der Waals surface area contributed by atoms with Crippen LogP contribution in [0.1, 0.15) is 36.8 Å². The lowest BCUT2D eigenvalue weighted by Gasteiger charge is -2.10. The highest BCUT2D eigenvalue weighted by Crippen LogP contribution is 2.25. The Balaban J connectivity index is 2.15. The van der Waals surface area contributed by atoms with Gasteiger partial charge >= 0.3 is 5.97 Å².